The number of nitrogens with zero attached hydrogens (tertiary/aromatic N) is 2. The van der Waals surface area contributed by atoms with Crippen LogP contribution >= 0.6 is 11.6 Å². The van der Waals surface area contributed by atoms with Crippen molar-refractivity contribution in [1.82, 2.24) is 10.2 Å². The van der Waals surface area contributed by atoms with Gasteiger partial charge in [0.05, 0.1) is 29.9 Å². The minimum Gasteiger partial charge on any atom is -0.496 e. The van der Waals surface area contributed by atoms with E-state index in [1.807, 2.05) is 24.3 Å². The summed E-state index contributed by atoms with van der Waals surface area (Å²) in [6, 6.07) is 11.0. The summed E-state index contributed by atoms with van der Waals surface area (Å²) in [6.45, 7) is 1.35. The molecule has 2 heterocycles. The van der Waals surface area contributed by atoms with Crippen molar-refractivity contribution in [3.8, 4) is 28.7 Å². The standard InChI is InChI=1S/C18H16ClN3O4/c1-23-14-5-3-2-4-11(14)18-22-21-17(26-18)10-20-13-9-16-15(8-12(13)19)24-6-7-25-16/h2-5,8-9,20H,6-7,10H2,1H3. The largest absolute Gasteiger partial charge is 0.496 e. The van der Waals surface area contributed by atoms with Crippen LogP contribution in [0.15, 0.2) is 40.8 Å². The van der Waals surface area contributed by atoms with E-state index in [9.17, 15) is 0 Å². The molecule has 4 rings (SSSR count). The molecule has 0 bridgehead atoms. The number of nitrogens with one attached hydrogen (secondary N) is 1. The van der Waals surface area contributed by atoms with Crippen molar-refractivity contribution in [3.05, 3.63) is 47.3 Å². The molecule has 26 heavy (non-hydrogen) atoms. The first-order valence-corrected chi connectivity index (χ1v) is 8.41. The second-order valence-corrected chi connectivity index (χ2v) is 5.94. The monoisotopic (exact) mass is 373 g/mol. The third-order valence-corrected chi connectivity index (χ3v) is 4.18. The molecular formula is C18H16ClN3O4. The predicted molar refractivity (Wildman–Crippen MR) is 96.1 cm³/mol. The van der Waals surface area contributed by atoms with Gasteiger partial charge in [-0.15, -0.1) is 10.2 Å². The highest BCUT2D eigenvalue weighted by atomic mass is 35.5. The van der Waals surface area contributed by atoms with E-state index in [2.05, 4.69) is 15.5 Å². The summed E-state index contributed by atoms with van der Waals surface area (Å²) >= 11 is 6.29. The molecule has 1 aromatic heterocycles. The number of anilines is 1. The van der Waals surface area contributed by atoms with Crippen molar-refractivity contribution in [1.29, 1.82) is 0 Å². The number of hydrogen-bond donors (Lipinski definition) is 1. The van der Waals surface area contributed by atoms with E-state index in [0.29, 0.717) is 59.5 Å². The third kappa shape index (κ3) is 3.25. The van der Waals surface area contributed by atoms with Gasteiger partial charge >= 0.3 is 0 Å². The SMILES string of the molecule is COc1ccccc1-c1nnc(CNc2cc3c(cc2Cl)OCCO3)o1. The number of aromatic nitrogens is 2. The van der Waals surface area contributed by atoms with Gasteiger partial charge in [0.15, 0.2) is 11.5 Å². The van der Waals surface area contributed by atoms with Crippen LogP contribution in [0.5, 0.6) is 17.2 Å². The Bertz CT molecular complexity index is 929. The first kappa shape index (κ1) is 16.5. The van der Waals surface area contributed by atoms with Crippen LogP contribution < -0.4 is 19.5 Å². The zero-order valence-corrected chi connectivity index (χ0v) is 14.7. The van der Waals surface area contributed by atoms with Crippen molar-refractivity contribution in [2.75, 3.05) is 25.6 Å². The molecule has 3 aromatic rings. The van der Waals surface area contributed by atoms with E-state index in [1.54, 1.807) is 19.2 Å². The van der Waals surface area contributed by atoms with Gasteiger partial charge in [0.25, 0.3) is 5.89 Å². The molecule has 134 valence electrons. The predicted octanol–water partition coefficient (Wildman–Crippen LogP) is 3.78. The molecule has 0 amide bonds. The number of halogens is 1. The highest BCUT2D eigenvalue weighted by molar-refractivity contribution is 6.33. The Labute approximate surface area is 154 Å². The van der Waals surface area contributed by atoms with Gasteiger partial charge in [0.2, 0.25) is 5.89 Å². The summed E-state index contributed by atoms with van der Waals surface area (Å²) in [5, 5.41) is 11.9. The summed E-state index contributed by atoms with van der Waals surface area (Å²) in [4.78, 5) is 0. The molecule has 8 heteroatoms. The maximum Gasteiger partial charge on any atom is 0.251 e. The molecule has 0 saturated heterocycles. The zero-order valence-electron chi connectivity index (χ0n) is 14.0. The van der Waals surface area contributed by atoms with E-state index in [1.165, 1.54) is 0 Å². The molecule has 1 N–H and O–H groups in total. The molecule has 1 aliphatic rings. The van der Waals surface area contributed by atoms with Crippen LogP contribution in [0.1, 0.15) is 5.89 Å². The summed E-state index contributed by atoms with van der Waals surface area (Å²) < 4.78 is 22.1. The fraction of sp³-hybridized carbons (Fsp3) is 0.222. The minimum atomic E-state index is 0.321. The number of benzene rings is 2. The van der Waals surface area contributed by atoms with Crippen LogP contribution in [0.3, 0.4) is 0 Å². The molecule has 0 fully saturated rings. The smallest absolute Gasteiger partial charge is 0.251 e. The lowest BCUT2D eigenvalue weighted by molar-refractivity contribution is 0.171. The summed E-state index contributed by atoms with van der Waals surface area (Å²) in [5.74, 6) is 2.79. The third-order valence-electron chi connectivity index (χ3n) is 3.87. The van der Waals surface area contributed by atoms with Gasteiger partial charge in [0.1, 0.15) is 19.0 Å². The Morgan fingerprint density at radius 1 is 1.12 bits per heavy atom. The highest BCUT2D eigenvalue weighted by Gasteiger charge is 2.16. The van der Waals surface area contributed by atoms with Crippen LogP contribution in [-0.2, 0) is 6.54 Å². The molecule has 0 aliphatic carbocycles. The van der Waals surface area contributed by atoms with E-state index in [-0.39, 0.29) is 0 Å². The van der Waals surface area contributed by atoms with Gasteiger partial charge in [-0.05, 0) is 12.1 Å². The summed E-state index contributed by atoms with van der Waals surface area (Å²) in [6.07, 6.45) is 0. The Hall–Kier alpha value is -2.93. The normalized spacial score (nSPS) is 12.7. The summed E-state index contributed by atoms with van der Waals surface area (Å²) in [7, 11) is 1.60. The van der Waals surface area contributed by atoms with Gasteiger partial charge in [0, 0.05) is 12.1 Å². The van der Waals surface area contributed by atoms with E-state index >= 15 is 0 Å². The van der Waals surface area contributed by atoms with Gasteiger partial charge in [-0.2, -0.15) is 0 Å². The maximum atomic E-state index is 6.29. The molecule has 0 spiro atoms. The van der Waals surface area contributed by atoms with E-state index in [4.69, 9.17) is 30.2 Å². The molecule has 0 unspecified atom stereocenters. The van der Waals surface area contributed by atoms with Crippen molar-refractivity contribution in [2.45, 2.75) is 6.54 Å². The average Bonchev–Trinajstić information content (AvgIpc) is 3.15. The Balaban J connectivity index is 1.50. The van der Waals surface area contributed by atoms with Gasteiger partial charge < -0.3 is 23.9 Å². The van der Waals surface area contributed by atoms with Gasteiger partial charge in [-0.3, -0.25) is 0 Å². The summed E-state index contributed by atoms with van der Waals surface area (Å²) in [5.41, 5.74) is 1.44. The second-order valence-electron chi connectivity index (χ2n) is 5.53. The van der Waals surface area contributed by atoms with Crippen molar-refractivity contribution in [3.63, 3.8) is 0 Å². The van der Waals surface area contributed by atoms with Crippen LogP contribution in [0.2, 0.25) is 5.02 Å². The van der Waals surface area contributed by atoms with Crippen molar-refractivity contribution < 1.29 is 18.6 Å². The minimum absolute atomic E-state index is 0.321. The molecule has 2 aromatic carbocycles. The molecule has 0 atom stereocenters. The number of rotatable bonds is 5. The Morgan fingerprint density at radius 2 is 1.88 bits per heavy atom. The number of methoxy groups -OCH3 is 1. The Kier molecular flexibility index (Phi) is 4.53. The van der Waals surface area contributed by atoms with E-state index in [0.717, 1.165) is 5.56 Å². The number of ether oxygens (including phenoxy) is 3. The quantitative estimate of drug-likeness (QED) is 0.729. The van der Waals surface area contributed by atoms with Crippen LogP contribution in [0.25, 0.3) is 11.5 Å². The Morgan fingerprint density at radius 3 is 2.69 bits per heavy atom. The van der Waals surface area contributed by atoms with Gasteiger partial charge in [-0.25, -0.2) is 0 Å². The molecular weight excluding hydrogens is 358 g/mol. The van der Waals surface area contributed by atoms with Crippen LogP contribution in [0.4, 0.5) is 5.69 Å². The highest BCUT2D eigenvalue weighted by Crippen LogP contribution is 2.38. The fourth-order valence-corrected chi connectivity index (χ4v) is 2.85. The first-order valence-electron chi connectivity index (χ1n) is 8.03. The van der Waals surface area contributed by atoms with Gasteiger partial charge in [-0.1, -0.05) is 23.7 Å². The topological polar surface area (TPSA) is 78.6 Å². The van der Waals surface area contributed by atoms with Crippen molar-refractivity contribution >= 4 is 17.3 Å². The maximum absolute atomic E-state index is 6.29. The number of para-hydroxylation sites is 1. The second kappa shape index (κ2) is 7.13. The average molecular weight is 374 g/mol. The van der Waals surface area contributed by atoms with Crippen molar-refractivity contribution in [2.24, 2.45) is 0 Å². The lowest BCUT2D eigenvalue weighted by Gasteiger charge is -2.20. The first-order chi connectivity index (χ1) is 12.7. The van der Waals surface area contributed by atoms with E-state index < -0.39 is 0 Å². The van der Waals surface area contributed by atoms with Crippen LogP contribution in [0, 0.1) is 0 Å². The molecule has 0 radical (unpaired) electrons. The molecule has 7 nitrogen and oxygen atoms in total. The lowest BCUT2D eigenvalue weighted by Crippen LogP contribution is -2.15. The zero-order chi connectivity index (χ0) is 17.9. The number of hydrogen-bond acceptors (Lipinski definition) is 7. The van der Waals surface area contributed by atoms with Crippen LogP contribution in [-0.4, -0.2) is 30.5 Å². The fourth-order valence-electron chi connectivity index (χ4n) is 2.63. The molecule has 0 saturated carbocycles. The molecule has 1 aliphatic heterocycles. The lowest BCUT2D eigenvalue weighted by atomic mass is 10.2. The number of fused-ring (bicyclic) bond motifs is 1.